The smallest absolute Gasteiger partial charge is 0.271 e. The number of nitrogens with one attached hydrogen (secondary N) is 2. The molecule has 1 aliphatic rings. The van der Waals surface area contributed by atoms with Gasteiger partial charge in [0.05, 0.1) is 16.1 Å². The van der Waals surface area contributed by atoms with Crippen molar-refractivity contribution in [1.29, 1.82) is 5.26 Å². The molecule has 1 amide bonds. The molecular weight excluding hydrogens is 486 g/mol. The van der Waals surface area contributed by atoms with Gasteiger partial charge in [-0.3, -0.25) is 4.79 Å². The van der Waals surface area contributed by atoms with Crippen molar-refractivity contribution in [3.8, 4) is 6.07 Å². The normalized spacial score (nSPS) is 15.3. The van der Waals surface area contributed by atoms with E-state index in [1.165, 1.54) is 5.57 Å². The summed E-state index contributed by atoms with van der Waals surface area (Å²) in [7, 11) is -0.734. The predicted octanol–water partition coefficient (Wildman–Crippen LogP) is 5.07. The van der Waals surface area contributed by atoms with Crippen LogP contribution in [0.4, 0.5) is 14.5 Å². The molecule has 1 saturated carbocycles. The molecule has 0 bridgehead atoms. The van der Waals surface area contributed by atoms with Crippen LogP contribution in [0.2, 0.25) is 0 Å². The fourth-order valence-electron chi connectivity index (χ4n) is 3.69. The van der Waals surface area contributed by atoms with Crippen molar-refractivity contribution in [2.75, 3.05) is 32.5 Å². The Balaban J connectivity index is 0.000000809. The third-order valence-corrected chi connectivity index (χ3v) is 7.21. The van der Waals surface area contributed by atoms with E-state index in [1.54, 1.807) is 10.8 Å². The van der Waals surface area contributed by atoms with E-state index in [0.717, 1.165) is 31.5 Å². The van der Waals surface area contributed by atoms with E-state index in [-0.39, 0.29) is 24.1 Å². The number of nitriles is 1. The van der Waals surface area contributed by atoms with Crippen LogP contribution in [0.3, 0.4) is 0 Å². The molecule has 0 saturated heterocycles. The van der Waals surface area contributed by atoms with Crippen molar-refractivity contribution < 1.29 is 22.0 Å². The first-order chi connectivity index (χ1) is 16.9. The number of halogens is 2. The number of benzene rings is 1. The lowest BCUT2D eigenvalue weighted by molar-refractivity contribution is -0.133. The van der Waals surface area contributed by atoms with Gasteiger partial charge in [-0.05, 0) is 78.2 Å². The van der Waals surface area contributed by atoms with Crippen LogP contribution < -0.4 is 10.0 Å². The van der Waals surface area contributed by atoms with Gasteiger partial charge in [-0.2, -0.15) is 5.26 Å². The van der Waals surface area contributed by atoms with Gasteiger partial charge >= 0.3 is 0 Å². The zero-order valence-corrected chi connectivity index (χ0v) is 22.5. The fraction of sp³-hybridized carbons (Fsp3) is 0.538. The highest BCUT2D eigenvalue weighted by molar-refractivity contribution is 7.90. The minimum absolute atomic E-state index is 0.0536. The number of sulfonamides is 1. The van der Waals surface area contributed by atoms with Gasteiger partial charge in [-0.15, -0.1) is 0 Å². The lowest BCUT2D eigenvalue weighted by atomic mass is 9.86. The first-order valence-electron chi connectivity index (χ1n) is 12.1. The summed E-state index contributed by atoms with van der Waals surface area (Å²) in [5.41, 5.74) is -1.25. The Bertz CT molecular complexity index is 1070. The third kappa shape index (κ3) is 9.36. The molecule has 0 spiro atoms. The van der Waals surface area contributed by atoms with E-state index in [4.69, 9.17) is 0 Å². The quantitative estimate of drug-likeness (QED) is 0.327. The number of allylic oxidation sites excluding steroid dienone is 3. The summed E-state index contributed by atoms with van der Waals surface area (Å²) in [4.78, 5) is 13.6. The molecule has 2 rings (SSSR count). The minimum atomic E-state index is -4.52. The van der Waals surface area contributed by atoms with E-state index in [1.807, 2.05) is 32.0 Å². The molecular formula is C26H38F2N4O3S. The fourth-order valence-corrected chi connectivity index (χ4v) is 4.77. The van der Waals surface area contributed by atoms with Crippen molar-refractivity contribution in [2.45, 2.75) is 69.4 Å². The van der Waals surface area contributed by atoms with Crippen LogP contribution >= 0.6 is 0 Å². The standard InChI is InChI=1S/C19H26F2N4O3S.C7H12/c1-25(2)10-6-9-23-17-14(13-22)11-15(12-16(17)20)29(27,28)24-18(26)19(21)7-4-3-5-8-19;1-4-7(5-2)6-3/h11-12,23H,3-10H2,1-2H3,(H,24,26);4-5H,1,6H2,2-3H3/b;7-5+. The molecule has 1 aromatic carbocycles. The van der Waals surface area contributed by atoms with Gasteiger partial charge in [0.1, 0.15) is 11.9 Å². The largest absolute Gasteiger partial charge is 0.382 e. The Morgan fingerprint density at radius 2 is 1.92 bits per heavy atom. The number of amides is 1. The summed E-state index contributed by atoms with van der Waals surface area (Å²) < 4.78 is 55.9. The maximum atomic E-state index is 14.7. The third-order valence-electron chi connectivity index (χ3n) is 5.90. The molecule has 0 unspecified atom stereocenters. The zero-order valence-electron chi connectivity index (χ0n) is 21.7. The monoisotopic (exact) mass is 524 g/mol. The predicted molar refractivity (Wildman–Crippen MR) is 139 cm³/mol. The van der Waals surface area contributed by atoms with Gasteiger partial charge in [-0.1, -0.05) is 37.6 Å². The molecule has 7 nitrogen and oxygen atoms in total. The average molecular weight is 525 g/mol. The number of alkyl halides is 1. The first-order valence-corrected chi connectivity index (χ1v) is 13.6. The Morgan fingerprint density at radius 1 is 1.28 bits per heavy atom. The second-order valence-electron chi connectivity index (χ2n) is 8.90. The van der Waals surface area contributed by atoms with Gasteiger partial charge in [0.25, 0.3) is 15.9 Å². The second kappa shape index (κ2) is 14.7. The number of anilines is 1. The second-order valence-corrected chi connectivity index (χ2v) is 10.6. The highest BCUT2D eigenvalue weighted by Gasteiger charge is 2.41. The molecule has 1 aromatic rings. The summed E-state index contributed by atoms with van der Waals surface area (Å²) in [6.45, 7) is 8.92. The van der Waals surface area contributed by atoms with Gasteiger partial charge in [-0.25, -0.2) is 21.9 Å². The van der Waals surface area contributed by atoms with Gasteiger partial charge in [0.15, 0.2) is 5.67 Å². The zero-order chi connectivity index (χ0) is 27.4. The lowest BCUT2D eigenvalue weighted by Crippen LogP contribution is -2.46. The topological polar surface area (TPSA) is 102 Å². The van der Waals surface area contributed by atoms with E-state index in [9.17, 15) is 27.3 Å². The number of carbonyl (C=O) groups excluding carboxylic acids is 1. The number of hydrogen-bond acceptors (Lipinski definition) is 6. The van der Waals surface area contributed by atoms with E-state index in [2.05, 4.69) is 24.9 Å². The average Bonchev–Trinajstić information content (AvgIpc) is 2.83. The van der Waals surface area contributed by atoms with Crippen molar-refractivity contribution in [1.82, 2.24) is 9.62 Å². The van der Waals surface area contributed by atoms with Crippen LogP contribution in [0.5, 0.6) is 0 Å². The van der Waals surface area contributed by atoms with Crippen LogP contribution in [0.25, 0.3) is 0 Å². The van der Waals surface area contributed by atoms with Crippen LogP contribution in [0, 0.1) is 17.1 Å². The minimum Gasteiger partial charge on any atom is -0.382 e. The summed E-state index contributed by atoms with van der Waals surface area (Å²) in [5, 5.41) is 12.1. The maximum Gasteiger partial charge on any atom is 0.271 e. The number of rotatable bonds is 10. The molecule has 10 heteroatoms. The highest BCUT2D eigenvalue weighted by atomic mass is 32.2. The molecule has 0 aromatic heterocycles. The molecule has 1 aliphatic carbocycles. The lowest BCUT2D eigenvalue weighted by Gasteiger charge is -2.27. The maximum absolute atomic E-state index is 14.7. The van der Waals surface area contributed by atoms with Crippen LogP contribution in [-0.4, -0.2) is 52.1 Å². The van der Waals surface area contributed by atoms with Gasteiger partial charge in [0.2, 0.25) is 0 Å². The Hall–Kier alpha value is -2.77. The Kier molecular flexibility index (Phi) is 12.8. The molecule has 2 N–H and O–H groups in total. The number of nitrogens with zero attached hydrogens (tertiary/aromatic N) is 2. The molecule has 1 fully saturated rings. The number of carbonyl (C=O) groups is 1. The summed E-state index contributed by atoms with van der Waals surface area (Å²) >= 11 is 0. The van der Waals surface area contributed by atoms with Gasteiger partial charge in [0, 0.05) is 6.54 Å². The van der Waals surface area contributed by atoms with E-state index in [0.29, 0.717) is 25.8 Å². The molecule has 200 valence electrons. The molecule has 0 aliphatic heterocycles. The molecule has 0 atom stereocenters. The van der Waals surface area contributed by atoms with Crippen molar-refractivity contribution in [3.05, 3.63) is 47.8 Å². The van der Waals surface area contributed by atoms with Crippen LogP contribution in [-0.2, 0) is 14.8 Å². The highest BCUT2D eigenvalue weighted by Crippen LogP contribution is 2.32. The van der Waals surface area contributed by atoms with Crippen LogP contribution in [0.15, 0.2) is 41.3 Å². The summed E-state index contributed by atoms with van der Waals surface area (Å²) in [6, 6.07) is 3.45. The van der Waals surface area contributed by atoms with Gasteiger partial charge < -0.3 is 10.2 Å². The molecule has 0 radical (unpaired) electrons. The molecule has 0 heterocycles. The number of hydrogen-bond donors (Lipinski definition) is 2. The summed E-state index contributed by atoms with van der Waals surface area (Å²) in [6.07, 6.45) is 7.41. The van der Waals surface area contributed by atoms with Crippen molar-refractivity contribution in [2.24, 2.45) is 0 Å². The summed E-state index contributed by atoms with van der Waals surface area (Å²) in [5.74, 6) is -2.18. The Morgan fingerprint density at radius 3 is 2.39 bits per heavy atom. The van der Waals surface area contributed by atoms with Crippen molar-refractivity contribution in [3.63, 3.8) is 0 Å². The first kappa shape index (κ1) is 31.3. The van der Waals surface area contributed by atoms with E-state index >= 15 is 0 Å². The van der Waals surface area contributed by atoms with Crippen molar-refractivity contribution >= 4 is 21.6 Å². The Labute approximate surface area is 214 Å². The van der Waals surface area contributed by atoms with E-state index < -0.39 is 32.3 Å². The van der Waals surface area contributed by atoms with Crippen LogP contribution in [0.1, 0.15) is 64.4 Å². The SMILES string of the molecule is C=C/C(=C\C)CC.CN(C)CCCNc1c(F)cc(S(=O)(=O)NC(=O)C2(F)CCCCC2)cc1C#N. The molecule has 36 heavy (non-hydrogen) atoms.